The summed E-state index contributed by atoms with van der Waals surface area (Å²) in [5, 5.41) is 11.6. The minimum Gasteiger partial charge on any atom is -0.395 e. The molecule has 1 rings (SSSR count). The van der Waals surface area contributed by atoms with Crippen molar-refractivity contribution in [3.05, 3.63) is 11.3 Å². The summed E-state index contributed by atoms with van der Waals surface area (Å²) in [7, 11) is 0. The van der Waals surface area contributed by atoms with Gasteiger partial charge < -0.3 is 10.4 Å². The van der Waals surface area contributed by atoms with E-state index in [4.69, 9.17) is 5.11 Å². The van der Waals surface area contributed by atoms with Crippen LogP contribution in [0.2, 0.25) is 0 Å². The van der Waals surface area contributed by atoms with Crippen LogP contribution in [0.5, 0.6) is 0 Å². The van der Waals surface area contributed by atoms with E-state index >= 15 is 0 Å². The number of carbonyl (C=O) groups is 2. The highest BCUT2D eigenvalue weighted by molar-refractivity contribution is 6.22. The molecule has 0 aromatic rings. The number of rotatable bonds is 3. The van der Waals surface area contributed by atoms with Crippen molar-refractivity contribution in [2.24, 2.45) is 5.41 Å². The Morgan fingerprint density at radius 2 is 1.81 bits per heavy atom. The lowest BCUT2D eigenvalue weighted by Crippen LogP contribution is -2.34. The molecule has 1 aliphatic carbocycles. The maximum atomic E-state index is 11.8. The molecule has 4 heteroatoms. The lowest BCUT2D eigenvalue weighted by molar-refractivity contribution is -0.127. The van der Waals surface area contributed by atoms with Crippen LogP contribution in [-0.2, 0) is 9.59 Å². The molecule has 0 aliphatic heterocycles. The average molecular weight is 225 g/mol. The summed E-state index contributed by atoms with van der Waals surface area (Å²) in [6.07, 6.45) is 0.818. The second-order valence-electron chi connectivity index (χ2n) is 5.01. The van der Waals surface area contributed by atoms with Crippen molar-refractivity contribution < 1.29 is 14.7 Å². The minimum atomic E-state index is -0.227. The number of hydrogen-bond acceptors (Lipinski definition) is 4. The fourth-order valence-electron chi connectivity index (χ4n) is 2.01. The molecule has 0 unspecified atom stereocenters. The van der Waals surface area contributed by atoms with Crippen molar-refractivity contribution >= 4 is 11.6 Å². The van der Waals surface area contributed by atoms with Gasteiger partial charge in [-0.05, 0) is 12.3 Å². The van der Waals surface area contributed by atoms with E-state index in [1.165, 1.54) is 0 Å². The van der Waals surface area contributed by atoms with Gasteiger partial charge in [0.2, 0.25) is 0 Å². The summed E-state index contributed by atoms with van der Waals surface area (Å²) >= 11 is 0. The van der Waals surface area contributed by atoms with E-state index < -0.39 is 0 Å². The first kappa shape index (κ1) is 12.9. The molecule has 0 spiro atoms. The van der Waals surface area contributed by atoms with Crippen LogP contribution in [0.3, 0.4) is 0 Å². The second-order valence-corrected chi connectivity index (χ2v) is 5.01. The van der Waals surface area contributed by atoms with Crippen LogP contribution in [-0.4, -0.2) is 29.8 Å². The number of Topliss-reactive ketones (excluding diaryl/α,β-unsaturated/α-hetero) is 2. The van der Waals surface area contributed by atoms with Crippen molar-refractivity contribution in [3.63, 3.8) is 0 Å². The van der Waals surface area contributed by atoms with Crippen LogP contribution >= 0.6 is 0 Å². The third-order valence-corrected chi connectivity index (χ3v) is 2.71. The summed E-state index contributed by atoms with van der Waals surface area (Å²) in [5.74, 6) is -0.187. The molecule has 16 heavy (non-hydrogen) atoms. The molecule has 0 amide bonds. The van der Waals surface area contributed by atoms with Crippen LogP contribution in [0.25, 0.3) is 0 Å². The third kappa shape index (κ3) is 2.92. The first-order valence-corrected chi connectivity index (χ1v) is 5.49. The van der Waals surface area contributed by atoms with Crippen LogP contribution in [0, 0.1) is 5.41 Å². The number of hydrogen-bond donors (Lipinski definition) is 2. The van der Waals surface area contributed by atoms with Gasteiger partial charge in [-0.3, -0.25) is 9.59 Å². The van der Waals surface area contributed by atoms with Gasteiger partial charge >= 0.3 is 0 Å². The lowest BCUT2D eigenvalue weighted by atomic mass is 9.73. The Morgan fingerprint density at radius 3 is 2.25 bits per heavy atom. The van der Waals surface area contributed by atoms with Gasteiger partial charge in [0.1, 0.15) is 0 Å². The maximum Gasteiger partial charge on any atom is 0.168 e. The molecule has 0 atom stereocenters. The second kappa shape index (κ2) is 4.78. The molecule has 2 N–H and O–H groups in total. The van der Waals surface area contributed by atoms with Crippen molar-refractivity contribution in [2.75, 3.05) is 13.2 Å². The molecule has 0 aromatic heterocycles. The minimum absolute atomic E-state index is 0.0154. The Balaban J connectivity index is 2.89. The van der Waals surface area contributed by atoms with E-state index in [0.717, 1.165) is 0 Å². The Labute approximate surface area is 95.7 Å². The first-order valence-electron chi connectivity index (χ1n) is 5.49. The smallest absolute Gasteiger partial charge is 0.168 e. The summed E-state index contributed by atoms with van der Waals surface area (Å²) in [5.41, 5.74) is 0.641. The third-order valence-electron chi connectivity index (χ3n) is 2.71. The highest BCUT2D eigenvalue weighted by atomic mass is 16.3. The molecule has 0 heterocycles. The predicted molar refractivity (Wildman–Crippen MR) is 60.8 cm³/mol. The Kier molecular flexibility index (Phi) is 3.86. The van der Waals surface area contributed by atoms with Crippen molar-refractivity contribution in [1.82, 2.24) is 5.32 Å². The van der Waals surface area contributed by atoms with Crippen LogP contribution in [0.1, 0.15) is 33.6 Å². The first-order chi connectivity index (χ1) is 7.37. The van der Waals surface area contributed by atoms with Crippen molar-refractivity contribution in [2.45, 2.75) is 33.6 Å². The lowest BCUT2D eigenvalue weighted by Gasteiger charge is -2.29. The van der Waals surface area contributed by atoms with Crippen LogP contribution in [0.4, 0.5) is 0 Å². The van der Waals surface area contributed by atoms with Crippen LogP contribution < -0.4 is 5.32 Å². The van der Waals surface area contributed by atoms with Gasteiger partial charge in [-0.2, -0.15) is 0 Å². The zero-order chi connectivity index (χ0) is 12.3. The van der Waals surface area contributed by atoms with E-state index in [1.807, 2.05) is 13.8 Å². The van der Waals surface area contributed by atoms with E-state index in [-0.39, 0.29) is 29.2 Å². The summed E-state index contributed by atoms with van der Waals surface area (Å²) < 4.78 is 0. The molecule has 90 valence electrons. The predicted octanol–water partition coefficient (Wildman–Crippen LogP) is 0.800. The monoisotopic (exact) mass is 225 g/mol. The highest BCUT2D eigenvalue weighted by Crippen LogP contribution is 2.34. The zero-order valence-electron chi connectivity index (χ0n) is 10.1. The summed E-state index contributed by atoms with van der Waals surface area (Å²) in [4.78, 5) is 23.7. The number of nitrogens with one attached hydrogen (secondary N) is 1. The standard InChI is InChI=1S/C12H19NO3/c1-8(13-4-5-14)11-9(15)6-12(2,3)7-10(11)16/h13-14H,4-7H2,1-3H3. The Hall–Kier alpha value is -1.16. The zero-order valence-corrected chi connectivity index (χ0v) is 10.1. The quantitative estimate of drug-likeness (QED) is 0.551. The molecular weight excluding hydrogens is 206 g/mol. The number of allylic oxidation sites excluding steroid dienone is 2. The molecule has 0 bridgehead atoms. The van der Waals surface area contributed by atoms with Gasteiger partial charge in [-0.1, -0.05) is 13.8 Å². The number of carbonyl (C=O) groups excluding carboxylic acids is 2. The fraction of sp³-hybridized carbons (Fsp3) is 0.667. The van der Waals surface area contributed by atoms with Crippen LogP contribution in [0.15, 0.2) is 11.3 Å². The van der Waals surface area contributed by atoms with Crippen molar-refractivity contribution in [3.8, 4) is 0 Å². The number of aliphatic hydroxyl groups is 1. The van der Waals surface area contributed by atoms with E-state index in [1.54, 1.807) is 6.92 Å². The molecule has 1 aliphatic rings. The molecule has 0 radical (unpaired) electrons. The SMILES string of the molecule is CC(NCCO)=C1C(=O)CC(C)(C)CC1=O. The number of aliphatic hydroxyl groups excluding tert-OH is 1. The van der Waals surface area contributed by atoms with Gasteiger partial charge in [0, 0.05) is 25.1 Å². The van der Waals surface area contributed by atoms with E-state index in [9.17, 15) is 9.59 Å². The van der Waals surface area contributed by atoms with Gasteiger partial charge in [-0.25, -0.2) is 0 Å². The summed E-state index contributed by atoms with van der Waals surface area (Å²) in [6.45, 7) is 5.91. The molecule has 0 aromatic carbocycles. The Bertz CT molecular complexity index is 320. The van der Waals surface area contributed by atoms with Gasteiger partial charge in [0.15, 0.2) is 11.6 Å². The summed E-state index contributed by atoms with van der Waals surface area (Å²) in [6, 6.07) is 0. The Morgan fingerprint density at radius 1 is 1.31 bits per heavy atom. The van der Waals surface area contributed by atoms with Gasteiger partial charge in [-0.15, -0.1) is 0 Å². The molecule has 4 nitrogen and oxygen atoms in total. The molecule has 1 saturated carbocycles. The highest BCUT2D eigenvalue weighted by Gasteiger charge is 2.36. The van der Waals surface area contributed by atoms with E-state index in [2.05, 4.69) is 5.32 Å². The topological polar surface area (TPSA) is 66.4 Å². The maximum absolute atomic E-state index is 11.8. The molecular formula is C12H19NO3. The average Bonchev–Trinajstić information content (AvgIpc) is 2.11. The normalized spacial score (nSPS) is 19.9. The largest absolute Gasteiger partial charge is 0.395 e. The van der Waals surface area contributed by atoms with Gasteiger partial charge in [0.25, 0.3) is 0 Å². The fourth-order valence-corrected chi connectivity index (χ4v) is 2.01. The molecule has 0 saturated heterocycles. The molecule has 1 fully saturated rings. The van der Waals surface area contributed by atoms with E-state index in [0.29, 0.717) is 25.1 Å². The number of ketones is 2. The van der Waals surface area contributed by atoms with Crippen molar-refractivity contribution in [1.29, 1.82) is 0 Å². The van der Waals surface area contributed by atoms with Gasteiger partial charge in [0.05, 0.1) is 12.2 Å².